The summed E-state index contributed by atoms with van der Waals surface area (Å²) in [6, 6.07) is 8.30. The Bertz CT molecular complexity index is 574. The molecule has 1 saturated heterocycles. The van der Waals surface area contributed by atoms with Crippen LogP contribution in [0.2, 0.25) is 0 Å². The van der Waals surface area contributed by atoms with Crippen LogP contribution in [0.25, 0.3) is 0 Å². The number of benzene rings is 1. The highest BCUT2D eigenvalue weighted by molar-refractivity contribution is 5.82. The predicted octanol–water partition coefficient (Wildman–Crippen LogP) is 2.39. The van der Waals surface area contributed by atoms with Gasteiger partial charge in [-0.2, -0.15) is 0 Å². The van der Waals surface area contributed by atoms with Gasteiger partial charge in [-0.1, -0.05) is 32.9 Å². The quantitative estimate of drug-likeness (QED) is 0.733. The summed E-state index contributed by atoms with van der Waals surface area (Å²) in [6.07, 6.45) is 2.11. The Kier molecular flexibility index (Phi) is 7.47. The number of hydrogen-bond donors (Lipinski definition) is 2. The van der Waals surface area contributed by atoms with Crippen molar-refractivity contribution in [2.45, 2.75) is 46.6 Å². The van der Waals surface area contributed by atoms with Gasteiger partial charge in [-0.05, 0) is 49.4 Å². The van der Waals surface area contributed by atoms with Crippen molar-refractivity contribution in [2.24, 2.45) is 11.1 Å². The number of carbonyl (C=O) groups excluding carboxylic acids is 1. The molecule has 5 heteroatoms. The van der Waals surface area contributed by atoms with Gasteiger partial charge in [0.05, 0.1) is 6.04 Å². The van der Waals surface area contributed by atoms with Gasteiger partial charge < -0.3 is 16.0 Å². The van der Waals surface area contributed by atoms with Gasteiger partial charge in [-0.3, -0.25) is 9.69 Å². The largest absolute Gasteiger partial charge is 0.369 e. The number of anilines is 1. The fourth-order valence-electron chi connectivity index (χ4n) is 3.23. The molecule has 1 aromatic rings. The molecule has 5 nitrogen and oxygen atoms in total. The third-order valence-electron chi connectivity index (χ3n) is 5.15. The molecule has 1 amide bonds. The maximum absolute atomic E-state index is 12.0. The predicted molar refractivity (Wildman–Crippen MR) is 110 cm³/mol. The Morgan fingerprint density at radius 3 is 2.50 bits per heavy atom. The highest BCUT2D eigenvalue weighted by atomic mass is 16.2. The molecule has 0 bridgehead atoms. The van der Waals surface area contributed by atoms with Crippen molar-refractivity contribution in [1.29, 1.82) is 0 Å². The van der Waals surface area contributed by atoms with E-state index in [-0.39, 0.29) is 11.3 Å². The molecular weight excluding hydrogens is 324 g/mol. The van der Waals surface area contributed by atoms with Crippen molar-refractivity contribution in [1.82, 2.24) is 10.2 Å². The summed E-state index contributed by atoms with van der Waals surface area (Å²) >= 11 is 0. The SMILES string of the molecule is Cc1cccc(N2CCN(CCCCNC(=O)[C@@H](N)C(C)(C)C)CC2)c1. The molecule has 1 aromatic carbocycles. The first-order valence-corrected chi connectivity index (χ1v) is 9.84. The summed E-state index contributed by atoms with van der Waals surface area (Å²) in [7, 11) is 0. The van der Waals surface area contributed by atoms with E-state index in [1.54, 1.807) is 0 Å². The van der Waals surface area contributed by atoms with Gasteiger partial charge in [-0.15, -0.1) is 0 Å². The molecular formula is C21H36N4O. The molecule has 0 unspecified atom stereocenters. The van der Waals surface area contributed by atoms with E-state index in [9.17, 15) is 4.79 Å². The first kappa shape index (κ1) is 20.7. The molecule has 0 radical (unpaired) electrons. The van der Waals surface area contributed by atoms with Crippen LogP contribution in [0, 0.1) is 12.3 Å². The lowest BCUT2D eigenvalue weighted by atomic mass is 9.87. The van der Waals surface area contributed by atoms with Gasteiger partial charge >= 0.3 is 0 Å². The molecule has 3 N–H and O–H groups in total. The number of nitrogens with two attached hydrogens (primary N) is 1. The van der Waals surface area contributed by atoms with E-state index in [1.165, 1.54) is 11.3 Å². The second kappa shape index (κ2) is 9.38. The van der Waals surface area contributed by atoms with Crippen molar-refractivity contribution in [3.63, 3.8) is 0 Å². The topological polar surface area (TPSA) is 61.6 Å². The Balaban J connectivity index is 1.60. The third kappa shape index (κ3) is 6.29. The van der Waals surface area contributed by atoms with E-state index in [0.717, 1.165) is 45.6 Å². The summed E-state index contributed by atoms with van der Waals surface area (Å²) in [4.78, 5) is 17.0. The number of unbranched alkanes of at least 4 members (excludes halogenated alkanes) is 1. The fraction of sp³-hybridized carbons (Fsp3) is 0.667. The Hall–Kier alpha value is -1.59. The molecule has 1 aliphatic heterocycles. The molecule has 2 rings (SSSR count). The molecule has 0 spiro atoms. The molecule has 146 valence electrons. The minimum Gasteiger partial charge on any atom is -0.369 e. The molecule has 0 aromatic heterocycles. The average Bonchev–Trinajstić information content (AvgIpc) is 2.60. The molecule has 26 heavy (non-hydrogen) atoms. The van der Waals surface area contributed by atoms with Gasteiger partial charge in [0.25, 0.3) is 0 Å². The van der Waals surface area contributed by atoms with Crippen LogP contribution in [-0.4, -0.2) is 56.1 Å². The standard InChI is InChI=1S/C21H36N4O/c1-17-8-7-9-18(16-17)25-14-12-24(13-15-25)11-6-5-10-23-20(26)19(22)21(2,3)4/h7-9,16,19H,5-6,10-15,22H2,1-4H3,(H,23,26)/t19-/m1/s1. The number of piperazine rings is 1. The second-order valence-corrected chi connectivity index (χ2v) is 8.51. The zero-order valence-corrected chi connectivity index (χ0v) is 16.9. The van der Waals surface area contributed by atoms with Crippen molar-refractivity contribution < 1.29 is 4.79 Å². The summed E-state index contributed by atoms with van der Waals surface area (Å²) in [6.45, 7) is 14.3. The second-order valence-electron chi connectivity index (χ2n) is 8.51. The summed E-state index contributed by atoms with van der Waals surface area (Å²) < 4.78 is 0. The lowest BCUT2D eigenvalue weighted by Gasteiger charge is -2.36. The average molecular weight is 361 g/mol. The van der Waals surface area contributed by atoms with E-state index in [0.29, 0.717) is 6.54 Å². The lowest BCUT2D eigenvalue weighted by Crippen LogP contribution is -2.49. The molecule has 1 fully saturated rings. The van der Waals surface area contributed by atoms with Crippen LogP contribution in [0.4, 0.5) is 5.69 Å². The van der Waals surface area contributed by atoms with E-state index in [1.807, 2.05) is 20.8 Å². The first-order valence-electron chi connectivity index (χ1n) is 9.84. The minimum absolute atomic E-state index is 0.0377. The zero-order chi connectivity index (χ0) is 19.2. The lowest BCUT2D eigenvalue weighted by molar-refractivity contribution is -0.124. The van der Waals surface area contributed by atoms with Crippen LogP contribution in [0.1, 0.15) is 39.2 Å². The smallest absolute Gasteiger partial charge is 0.237 e. The third-order valence-corrected chi connectivity index (χ3v) is 5.15. The Morgan fingerprint density at radius 1 is 1.19 bits per heavy atom. The van der Waals surface area contributed by atoms with Gasteiger partial charge in [0.15, 0.2) is 0 Å². The maximum atomic E-state index is 12.0. The van der Waals surface area contributed by atoms with Gasteiger partial charge in [0.1, 0.15) is 0 Å². The van der Waals surface area contributed by atoms with E-state index in [2.05, 4.69) is 46.3 Å². The van der Waals surface area contributed by atoms with Crippen LogP contribution >= 0.6 is 0 Å². The van der Waals surface area contributed by atoms with Crippen LogP contribution in [0.5, 0.6) is 0 Å². The highest BCUT2D eigenvalue weighted by Gasteiger charge is 2.26. The summed E-state index contributed by atoms with van der Waals surface area (Å²) in [5, 5.41) is 2.97. The van der Waals surface area contributed by atoms with E-state index < -0.39 is 6.04 Å². The van der Waals surface area contributed by atoms with Gasteiger partial charge in [-0.25, -0.2) is 0 Å². The van der Waals surface area contributed by atoms with Crippen LogP contribution in [-0.2, 0) is 4.79 Å². The summed E-state index contributed by atoms with van der Waals surface area (Å²) in [5.41, 5.74) is 8.43. The van der Waals surface area contributed by atoms with Crippen LogP contribution < -0.4 is 16.0 Å². The first-order chi connectivity index (χ1) is 12.3. The minimum atomic E-state index is -0.447. The van der Waals surface area contributed by atoms with Gasteiger partial charge in [0, 0.05) is 38.4 Å². The number of rotatable bonds is 7. The summed E-state index contributed by atoms with van der Waals surface area (Å²) in [5.74, 6) is -0.0377. The number of nitrogens with one attached hydrogen (secondary N) is 1. The Labute approximate surface area is 158 Å². The number of nitrogens with zero attached hydrogens (tertiary/aromatic N) is 2. The molecule has 1 heterocycles. The van der Waals surface area contributed by atoms with Crippen molar-refractivity contribution in [3.05, 3.63) is 29.8 Å². The van der Waals surface area contributed by atoms with E-state index >= 15 is 0 Å². The Morgan fingerprint density at radius 2 is 1.88 bits per heavy atom. The highest BCUT2D eigenvalue weighted by Crippen LogP contribution is 2.18. The van der Waals surface area contributed by atoms with Crippen molar-refractivity contribution in [2.75, 3.05) is 44.2 Å². The zero-order valence-electron chi connectivity index (χ0n) is 16.9. The molecule has 0 aliphatic carbocycles. The van der Waals surface area contributed by atoms with Crippen molar-refractivity contribution in [3.8, 4) is 0 Å². The number of amides is 1. The van der Waals surface area contributed by atoms with E-state index in [4.69, 9.17) is 5.73 Å². The van der Waals surface area contributed by atoms with Crippen LogP contribution in [0.15, 0.2) is 24.3 Å². The van der Waals surface area contributed by atoms with Crippen molar-refractivity contribution >= 4 is 11.6 Å². The molecule has 1 aliphatic rings. The maximum Gasteiger partial charge on any atom is 0.237 e. The molecule has 1 atom stereocenters. The van der Waals surface area contributed by atoms with Gasteiger partial charge in [0.2, 0.25) is 5.91 Å². The number of carbonyl (C=O) groups is 1. The number of hydrogen-bond acceptors (Lipinski definition) is 4. The van der Waals surface area contributed by atoms with Crippen LogP contribution in [0.3, 0.4) is 0 Å². The fourth-order valence-corrected chi connectivity index (χ4v) is 3.23. The number of aryl methyl sites for hydroxylation is 1. The normalized spacial score (nSPS) is 17.2. The monoisotopic (exact) mass is 360 g/mol. The molecule has 0 saturated carbocycles.